The van der Waals surface area contributed by atoms with Gasteiger partial charge in [0, 0.05) is 13.0 Å². The van der Waals surface area contributed by atoms with E-state index in [2.05, 4.69) is 5.16 Å². The monoisotopic (exact) mass is 385 g/mol. The Morgan fingerprint density at radius 3 is 2.46 bits per heavy atom. The van der Waals surface area contributed by atoms with Crippen molar-refractivity contribution in [2.45, 2.75) is 33.0 Å². The largest absolute Gasteiger partial charge is 0.497 e. The van der Waals surface area contributed by atoms with E-state index >= 15 is 0 Å². The molecule has 6 heteroatoms. The number of ether oxygens (including phenoxy) is 3. The Morgan fingerprint density at radius 1 is 1.07 bits per heavy atom. The number of nitrogens with zero attached hydrogens (tertiary/aromatic N) is 1. The standard InChI is InChI=1S/C22H27NO5/c1-5-27-21(22(24)26-4)14-18-7-6-8-19(13-18)16(2)23-28-15-17-9-11-20(25-3)12-10-17/h6-13,21H,5,14-15H2,1-4H3/b23-16+/t21-/m0/s1. The molecule has 0 saturated carbocycles. The SMILES string of the molecule is CCO[C@@H](Cc1cccc(/C(C)=N/OCc2ccc(OC)cc2)c1)C(=O)OC. The lowest BCUT2D eigenvalue weighted by Gasteiger charge is -2.15. The van der Waals surface area contributed by atoms with Crippen LogP contribution in [-0.4, -0.2) is 38.6 Å². The maximum atomic E-state index is 11.8. The van der Waals surface area contributed by atoms with Crippen molar-refractivity contribution in [2.24, 2.45) is 5.16 Å². The summed E-state index contributed by atoms with van der Waals surface area (Å²) in [5.74, 6) is 0.429. The van der Waals surface area contributed by atoms with Gasteiger partial charge in [-0.25, -0.2) is 4.79 Å². The van der Waals surface area contributed by atoms with Crippen LogP contribution in [0, 0.1) is 0 Å². The molecule has 0 aliphatic rings. The Kier molecular flexibility index (Phi) is 8.49. The van der Waals surface area contributed by atoms with Crippen LogP contribution in [0.4, 0.5) is 0 Å². The van der Waals surface area contributed by atoms with Crippen LogP contribution >= 0.6 is 0 Å². The summed E-state index contributed by atoms with van der Waals surface area (Å²) in [7, 11) is 3.00. The number of carbonyl (C=O) groups excluding carboxylic acids is 1. The Hall–Kier alpha value is -2.86. The fraction of sp³-hybridized carbons (Fsp3) is 0.364. The Balaban J connectivity index is 2.00. The number of rotatable bonds is 10. The highest BCUT2D eigenvalue weighted by Gasteiger charge is 2.20. The molecular weight excluding hydrogens is 358 g/mol. The highest BCUT2D eigenvalue weighted by atomic mass is 16.6. The molecule has 0 bridgehead atoms. The second-order valence-electron chi connectivity index (χ2n) is 6.17. The highest BCUT2D eigenvalue weighted by molar-refractivity contribution is 5.98. The number of methoxy groups -OCH3 is 2. The molecule has 0 aromatic heterocycles. The average Bonchev–Trinajstić information content (AvgIpc) is 2.73. The molecule has 0 fully saturated rings. The number of oxime groups is 1. The lowest BCUT2D eigenvalue weighted by molar-refractivity contribution is -0.153. The molecule has 1 atom stereocenters. The summed E-state index contributed by atoms with van der Waals surface area (Å²) in [5, 5.41) is 4.20. The van der Waals surface area contributed by atoms with Crippen molar-refractivity contribution in [3.05, 3.63) is 65.2 Å². The van der Waals surface area contributed by atoms with Crippen molar-refractivity contribution >= 4 is 11.7 Å². The van der Waals surface area contributed by atoms with E-state index in [4.69, 9.17) is 19.0 Å². The van der Waals surface area contributed by atoms with Crippen molar-refractivity contribution in [3.8, 4) is 5.75 Å². The number of esters is 1. The number of hydrogen-bond donors (Lipinski definition) is 0. The van der Waals surface area contributed by atoms with Gasteiger partial charge in [-0.15, -0.1) is 0 Å². The first-order valence-electron chi connectivity index (χ1n) is 9.15. The van der Waals surface area contributed by atoms with E-state index in [-0.39, 0.29) is 5.97 Å². The Labute approximate surface area is 166 Å². The average molecular weight is 385 g/mol. The van der Waals surface area contributed by atoms with Crippen molar-refractivity contribution in [1.29, 1.82) is 0 Å². The summed E-state index contributed by atoms with van der Waals surface area (Å²) in [6, 6.07) is 15.4. The number of carbonyl (C=O) groups is 1. The van der Waals surface area contributed by atoms with Crippen LogP contribution in [0.3, 0.4) is 0 Å². The maximum Gasteiger partial charge on any atom is 0.335 e. The van der Waals surface area contributed by atoms with Crippen molar-refractivity contribution < 1.29 is 23.8 Å². The molecule has 0 unspecified atom stereocenters. The molecule has 0 amide bonds. The molecule has 0 saturated heterocycles. The quantitative estimate of drug-likeness (QED) is 0.354. The van der Waals surface area contributed by atoms with Gasteiger partial charge in [-0.2, -0.15) is 0 Å². The van der Waals surface area contributed by atoms with E-state index in [0.717, 1.165) is 28.2 Å². The van der Waals surface area contributed by atoms with Gasteiger partial charge in [0.2, 0.25) is 0 Å². The van der Waals surface area contributed by atoms with Crippen molar-refractivity contribution in [2.75, 3.05) is 20.8 Å². The van der Waals surface area contributed by atoms with Gasteiger partial charge in [0.25, 0.3) is 0 Å². The molecule has 0 radical (unpaired) electrons. The van der Waals surface area contributed by atoms with Gasteiger partial charge in [0.1, 0.15) is 12.4 Å². The summed E-state index contributed by atoms with van der Waals surface area (Å²) >= 11 is 0. The zero-order chi connectivity index (χ0) is 20.4. The third-order valence-electron chi connectivity index (χ3n) is 4.19. The Bertz CT molecular complexity index is 786. The van der Waals surface area contributed by atoms with Gasteiger partial charge in [0.05, 0.1) is 19.9 Å². The summed E-state index contributed by atoms with van der Waals surface area (Å²) in [6.07, 6.45) is -0.178. The van der Waals surface area contributed by atoms with E-state index in [1.54, 1.807) is 7.11 Å². The molecule has 0 heterocycles. The van der Waals surface area contributed by atoms with E-state index in [0.29, 0.717) is 19.6 Å². The van der Waals surface area contributed by atoms with Crippen LogP contribution in [-0.2, 0) is 32.1 Å². The minimum Gasteiger partial charge on any atom is -0.497 e. The summed E-state index contributed by atoms with van der Waals surface area (Å²) in [4.78, 5) is 17.3. The number of hydrogen-bond acceptors (Lipinski definition) is 6. The van der Waals surface area contributed by atoms with Crippen LogP contribution in [0.1, 0.15) is 30.5 Å². The van der Waals surface area contributed by atoms with Gasteiger partial charge in [-0.1, -0.05) is 35.5 Å². The van der Waals surface area contributed by atoms with Crippen LogP contribution in [0.15, 0.2) is 53.7 Å². The molecule has 2 rings (SSSR count). The van der Waals surface area contributed by atoms with E-state index < -0.39 is 6.10 Å². The fourth-order valence-corrected chi connectivity index (χ4v) is 2.66. The first-order chi connectivity index (χ1) is 13.6. The smallest absolute Gasteiger partial charge is 0.335 e. The first-order valence-corrected chi connectivity index (χ1v) is 9.15. The molecule has 150 valence electrons. The molecule has 2 aromatic carbocycles. The van der Waals surface area contributed by atoms with Crippen LogP contribution in [0.2, 0.25) is 0 Å². The summed E-state index contributed by atoms with van der Waals surface area (Å²) in [5.41, 5.74) is 3.64. The molecule has 0 spiro atoms. The molecule has 0 aliphatic carbocycles. The minimum absolute atomic E-state index is 0.371. The number of benzene rings is 2. The lowest BCUT2D eigenvalue weighted by atomic mass is 10.0. The minimum atomic E-state index is -0.617. The molecular formula is C22H27NO5. The maximum absolute atomic E-state index is 11.8. The topological polar surface area (TPSA) is 66.3 Å². The lowest BCUT2D eigenvalue weighted by Crippen LogP contribution is -2.28. The van der Waals surface area contributed by atoms with Crippen LogP contribution < -0.4 is 4.74 Å². The van der Waals surface area contributed by atoms with E-state index in [9.17, 15) is 4.79 Å². The van der Waals surface area contributed by atoms with Gasteiger partial charge in [-0.05, 0) is 48.7 Å². The molecule has 6 nitrogen and oxygen atoms in total. The molecule has 0 aliphatic heterocycles. The normalized spacial score (nSPS) is 12.4. The van der Waals surface area contributed by atoms with Crippen molar-refractivity contribution in [1.82, 2.24) is 0 Å². The first kappa shape index (κ1) is 21.4. The summed E-state index contributed by atoms with van der Waals surface area (Å²) in [6.45, 7) is 4.55. The van der Waals surface area contributed by atoms with Gasteiger partial charge < -0.3 is 19.0 Å². The second kappa shape index (κ2) is 11.1. The second-order valence-corrected chi connectivity index (χ2v) is 6.17. The Morgan fingerprint density at radius 2 is 1.82 bits per heavy atom. The predicted octanol–water partition coefficient (Wildman–Crippen LogP) is 3.76. The van der Waals surface area contributed by atoms with Crippen LogP contribution in [0.25, 0.3) is 0 Å². The molecule has 28 heavy (non-hydrogen) atoms. The van der Waals surface area contributed by atoms with Gasteiger partial charge in [-0.3, -0.25) is 0 Å². The third-order valence-corrected chi connectivity index (χ3v) is 4.19. The van der Waals surface area contributed by atoms with Crippen LogP contribution in [0.5, 0.6) is 5.75 Å². The summed E-state index contributed by atoms with van der Waals surface area (Å²) < 4.78 is 15.4. The van der Waals surface area contributed by atoms with E-state index in [1.807, 2.05) is 62.4 Å². The van der Waals surface area contributed by atoms with Gasteiger partial charge in [0.15, 0.2) is 6.10 Å². The predicted molar refractivity (Wildman–Crippen MR) is 108 cm³/mol. The fourth-order valence-electron chi connectivity index (χ4n) is 2.66. The van der Waals surface area contributed by atoms with Gasteiger partial charge >= 0.3 is 5.97 Å². The highest BCUT2D eigenvalue weighted by Crippen LogP contribution is 2.14. The molecule has 0 N–H and O–H groups in total. The van der Waals surface area contributed by atoms with E-state index in [1.165, 1.54) is 7.11 Å². The third kappa shape index (κ3) is 6.39. The van der Waals surface area contributed by atoms with Crippen molar-refractivity contribution in [3.63, 3.8) is 0 Å². The zero-order valence-electron chi connectivity index (χ0n) is 16.8. The zero-order valence-corrected chi connectivity index (χ0v) is 16.8. The molecule has 2 aromatic rings.